The molecule has 1 unspecified atom stereocenters. The maximum Gasteiger partial charge on any atom is 0.267 e. The summed E-state index contributed by atoms with van der Waals surface area (Å²) in [4.78, 5) is 11.5. The topological polar surface area (TPSA) is 52.0 Å². The molecule has 0 radical (unpaired) electrons. The molecule has 1 atom stereocenters. The Kier molecular flexibility index (Phi) is 2.75. The van der Waals surface area contributed by atoms with Gasteiger partial charge in [0, 0.05) is 18.9 Å². The molecule has 0 saturated heterocycles. The van der Waals surface area contributed by atoms with E-state index >= 15 is 0 Å². The second kappa shape index (κ2) is 3.62. The van der Waals surface area contributed by atoms with Crippen LogP contribution in [0.25, 0.3) is 0 Å². The lowest BCUT2D eigenvalue weighted by atomic mass is 10.6. The van der Waals surface area contributed by atoms with E-state index in [1.165, 1.54) is 16.9 Å². The molecule has 1 aromatic heterocycles. The molecular formula is C7H10N2O2S. The molecule has 0 aliphatic rings. The van der Waals surface area contributed by atoms with E-state index in [9.17, 15) is 9.00 Å². The number of rotatable bonds is 2. The van der Waals surface area contributed by atoms with Crippen LogP contribution in [0.3, 0.4) is 0 Å². The van der Waals surface area contributed by atoms with Crippen LogP contribution in [0.4, 0.5) is 0 Å². The van der Waals surface area contributed by atoms with E-state index in [1.807, 2.05) is 0 Å². The molecule has 12 heavy (non-hydrogen) atoms. The van der Waals surface area contributed by atoms with Crippen molar-refractivity contribution in [2.75, 3.05) is 5.75 Å². The van der Waals surface area contributed by atoms with Crippen molar-refractivity contribution < 1.29 is 4.21 Å². The van der Waals surface area contributed by atoms with Gasteiger partial charge in [-0.1, -0.05) is 6.92 Å². The van der Waals surface area contributed by atoms with Crippen molar-refractivity contribution in [1.29, 1.82) is 0 Å². The molecule has 1 heterocycles. The third-order valence-corrected chi connectivity index (χ3v) is 2.74. The van der Waals surface area contributed by atoms with Crippen LogP contribution in [0.2, 0.25) is 0 Å². The largest absolute Gasteiger partial charge is 0.268 e. The summed E-state index contributed by atoms with van der Waals surface area (Å²) >= 11 is 0. The molecule has 0 N–H and O–H groups in total. The fraction of sp³-hybridized carbons (Fsp3) is 0.429. The van der Waals surface area contributed by atoms with Crippen LogP contribution in [0.1, 0.15) is 6.92 Å². The molecule has 0 fully saturated rings. The molecule has 0 aliphatic carbocycles. The average molecular weight is 186 g/mol. The van der Waals surface area contributed by atoms with Crippen LogP contribution >= 0.6 is 0 Å². The lowest BCUT2D eigenvalue weighted by Crippen LogP contribution is -2.19. The summed E-state index contributed by atoms with van der Waals surface area (Å²) in [5.41, 5.74) is -0.227. The van der Waals surface area contributed by atoms with Crippen LogP contribution in [-0.4, -0.2) is 19.7 Å². The molecule has 0 saturated carbocycles. The quantitative estimate of drug-likeness (QED) is 0.648. The fourth-order valence-corrected chi connectivity index (χ4v) is 1.47. The molecule has 1 aromatic rings. The molecule has 5 heteroatoms. The maximum absolute atomic E-state index is 11.2. The van der Waals surface area contributed by atoms with Gasteiger partial charge in [0.05, 0.1) is 21.9 Å². The Morgan fingerprint density at radius 3 is 2.83 bits per heavy atom. The zero-order chi connectivity index (χ0) is 9.14. The lowest BCUT2D eigenvalue weighted by molar-refractivity contribution is 0.673. The van der Waals surface area contributed by atoms with Crippen LogP contribution in [0.15, 0.2) is 22.0 Å². The van der Waals surface area contributed by atoms with Gasteiger partial charge < -0.3 is 0 Å². The van der Waals surface area contributed by atoms with E-state index in [0.29, 0.717) is 10.6 Å². The second-order valence-corrected chi connectivity index (χ2v) is 4.03. The molecular weight excluding hydrogens is 176 g/mol. The summed E-state index contributed by atoms with van der Waals surface area (Å²) in [5.74, 6) is 0.509. The number of aryl methyl sites for hydroxylation is 1. The van der Waals surface area contributed by atoms with E-state index in [2.05, 4.69) is 5.10 Å². The lowest BCUT2D eigenvalue weighted by Gasteiger charge is -1.98. The van der Waals surface area contributed by atoms with E-state index in [0.717, 1.165) is 0 Å². The zero-order valence-electron chi connectivity index (χ0n) is 6.98. The summed E-state index contributed by atoms with van der Waals surface area (Å²) in [6, 6.07) is 1.35. The van der Waals surface area contributed by atoms with Crippen LogP contribution < -0.4 is 5.56 Å². The number of hydrogen-bond acceptors (Lipinski definition) is 3. The van der Waals surface area contributed by atoms with Crippen molar-refractivity contribution in [3.05, 3.63) is 22.6 Å². The highest BCUT2D eigenvalue weighted by Crippen LogP contribution is 1.99. The minimum Gasteiger partial charge on any atom is -0.268 e. The van der Waals surface area contributed by atoms with E-state index < -0.39 is 10.8 Å². The number of hydrogen-bond donors (Lipinski definition) is 0. The SMILES string of the molecule is CCS(=O)c1cnn(C)c(=O)c1. The van der Waals surface area contributed by atoms with Crippen molar-refractivity contribution in [1.82, 2.24) is 9.78 Å². The first-order chi connectivity index (χ1) is 5.65. The molecule has 0 bridgehead atoms. The maximum atomic E-state index is 11.2. The Morgan fingerprint density at radius 1 is 1.67 bits per heavy atom. The minimum absolute atomic E-state index is 0.227. The molecule has 0 aromatic carbocycles. The van der Waals surface area contributed by atoms with Gasteiger partial charge in [0.15, 0.2) is 0 Å². The van der Waals surface area contributed by atoms with Gasteiger partial charge in [-0.15, -0.1) is 0 Å². The summed E-state index contributed by atoms with van der Waals surface area (Å²) in [6.07, 6.45) is 1.46. The van der Waals surface area contributed by atoms with Crippen molar-refractivity contribution in [2.45, 2.75) is 11.8 Å². The number of nitrogens with zero attached hydrogens (tertiary/aromatic N) is 2. The van der Waals surface area contributed by atoms with Gasteiger partial charge in [-0.3, -0.25) is 9.00 Å². The average Bonchev–Trinajstić information content (AvgIpc) is 2.08. The monoisotopic (exact) mass is 186 g/mol. The molecule has 0 spiro atoms. The van der Waals surface area contributed by atoms with Crippen LogP contribution in [0, 0.1) is 0 Å². The van der Waals surface area contributed by atoms with Gasteiger partial charge in [0.1, 0.15) is 0 Å². The van der Waals surface area contributed by atoms with Crippen LogP contribution in [-0.2, 0) is 17.8 Å². The summed E-state index contributed by atoms with van der Waals surface area (Å²) in [6.45, 7) is 1.80. The van der Waals surface area contributed by atoms with E-state index in [-0.39, 0.29) is 5.56 Å². The van der Waals surface area contributed by atoms with Gasteiger partial charge in [-0.2, -0.15) is 5.10 Å². The van der Waals surface area contributed by atoms with Gasteiger partial charge in [-0.05, 0) is 0 Å². The van der Waals surface area contributed by atoms with E-state index in [1.54, 1.807) is 14.0 Å². The smallest absolute Gasteiger partial charge is 0.267 e. The fourth-order valence-electron chi connectivity index (χ4n) is 0.744. The van der Waals surface area contributed by atoms with Gasteiger partial charge >= 0.3 is 0 Å². The van der Waals surface area contributed by atoms with Gasteiger partial charge in [-0.25, -0.2) is 4.68 Å². The third kappa shape index (κ3) is 1.79. The molecule has 1 rings (SSSR count). The summed E-state index contributed by atoms with van der Waals surface area (Å²) in [5, 5.41) is 3.76. The van der Waals surface area contributed by atoms with Crippen molar-refractivity contribution in [2.24, 2.45) is 7.05 Å². The number of aromatic nitrogens is 2. The van der Waals surface area contributed by atoms with Crippen LogP contribution in [0.5, 0.6) is 0 Å². The zero-order valence-corrected chi connectivity index (χ0v) is 7.80. The highest BCUT2D eigenvalue weighted by molar-refractivity contribution is 7.85. The molecule has 0 aliphatic heterocycles. The van der Waals surface area contributed by atoms with Gasteiger partial charge in [0.25, 0.3) is 5.56 Å². The highest BCUT2D eigenvalue weighted by Gasteiger charge is 2.02. The predicted molar refractivity (Wildman–Crippen MR) is 46.4 cm³/mol. The molecule has 0 amide bonds. The summed E-state index contributed by atoms with van der Waals surface area (Å²) < 4.78 is 12.4. The second-order valence-electron chi connectivity index (χ2n) is 2.29. The minimum atomic E-state index is -1.08. The summed E-state index contributed by atoms with van der Waals surface area (Å²) in [7, 11) is 0.472. The first-order valence-electron chi connectivity index (χ1n) is 3.57. The Bertz CT molecular complexity index is 359. The predicted octanol–water partition coefficient (Wildman–Crippen LogP) is -0.0922. The Hall–Kier alpha value is -0.970. The van der Waals surface area contributed by atoms with E-state index in [4.69, 9.17) is 0 Å². The van der Waals surface area contributed by atoms with Gasteiger partial charge in [0.2, 0.25) is 0 Å². The Morgan fingerprint density at radius 2 is 2.33 bits per heavy atom. The normalized spacial score (nSPS) is 12.8. The van der Waals surface area contributed by atoms with Crippen molar-refractivity contribution in [3.8, 4) is 0 Å². The molecule has 4 nitrogen and oxygen atoms in total. The standard InChI is InChI=1S/C7H10N2O2S/c1-3-12(11)6-4-7(10)9(2)8-5-6/h4-5H,3H2,1-2H3. The van der Waals surface area contributed by atoms with Crippen molar-refractivity contribution >= 4 is 10.8 Å². The molecule has 66 valence electrons. The first-order valence-corrected chi connectivity index (χ1v) is 4.88. The first kappa shape index (κ1) is 9.12. The third-order valence-electron chi connectivity index (χ3n) is 1.47. The Labute approximate surface area is 72.7 Å². The Balaban J connectivity index is 3.13. The van der Waals surface area contributed by atoms with Crippen molar-refractivity contribution in [3.63, 3.8) is 0 Å². The highest BCUT2D eigenvalue weighted by atomic mass is 32.2.